The fourth-order valence-electron chi connectivity index (χ4n) is 2.93. The monoisotopic (exact) mass is 284 g/mol. The van der Waals surface area contributed by atoms with Crippen molar-refractivity contribution in [3.63, 3.8) is 0 Å². The minimum absolute atomic E-state index is 0.181. The van der Waals surface area contributed by atoms with E-state index in [1.807, 2.05) is 13.8 Å². The number of rotatable bonds is 7. The van der Waals surface area contributed by atoms with Gasteiger partial charge in [-0.15, -0.1) is 0 Å². The molecule has 1 rings (SSSR count). The minimum Gasteiger partial charge on any atom is -0.480 e. The molecule has 2 N–H and O–H groups in total. The Morgan fingerprint density at radius 1 is 1.40 bits per heavy atom. The van der Waals surface area contributed by atoms with Gasteiger partial charge in [-0.3, -0.25) is 10.1 Å². The summed E-state index contributed by atoms with van der Waals surface area (Å²) in [6.07, 6.45) is 4.35. The smallest absolute Gasteiger partial charge is 0.323 e. The molecular formula is C16H32N2O2. The number of nitrogens with one attached hydrogen (secondary N) is 1. The molecule has 1 atom stereocenters. The van der Waals surface area contributed by atoms with Gasteiger partial charge in [0.15, 0.2) is 0 Å². The number of carbonyl (C=O) groups is 1. The molecule has 0 aromatic carbocycles. The lowest BCUT2D eigenvalue weighted by atomic mass is 9.78. The van der Waals surface area contributed by atoms with Crippen LogP contribution in [0.25, 0.3) is 0 Å². The van der Waals surface area contributed by atoms with Gasteiger partial charge in [-0.05, 0) is 58.5 Å². The van der Waals surface area contributed by atoms with Crippen LogP contribution in [-0.2, 0) is 4.79 Å². The average Bonchev–Trinajstić information content (AvgIpc) is 2.37. The van der Waals surface area contributed by atoms with Crippen LogP contribution in [0.15, 0.2) is 0 Å². The number of nitrogens with zero attached hydrogens (tertiary/aromatic N) is 1. The van der Waals surface area contributed by atoms with Crippen molar-refractivity contribution in [1.29, 1.82) is 0 Å². The van der Waals surface area contributed by atoms with Crippen LogP contribution in [0, 0.1) is 5.41 Å². The second-order valence-electron chi connectivity index (χ2n) is 7.19. The van der Waals surface area contributed by atoms with Crippen molar-refractivity contribution in [1.82, 2.24) is 10.2 Å². The Hall–Kier alpha value is -0.610. The summed E-state index contributed by atoms with van der Waals surface area (Å²) in [4.78, 5) is 13.9. The third kappa shape index (κ3) is 4.74. The van der Waals surface area contributed by atoms with Gasteiger partial charge in [-0.2, -0.15) is 0 Å². The van der Waals surface area contributed by atoms with Crippen LogP contribution in [-0.4, -0.2) is 47.2 Å². The maximum Gasteiger partial charge on any atom is 0.323 e. The number of likely N-dealkylation sites (tertiary alicyclic amines) is 1. The maximum absolute atomic E-state index is 11.5. The van der Waals surface area contributed by atoms with Gasteiger partial charge < -0.3 is 10.0 Å². The molecule has 1 aliphatic rings. The number of aliphatic carboxylic acids is 1. The van der Waals surface area contributed by atoms with Crippen molar-refractivity contribution in [2.75, 3.05) is 19.6 Å². The van der Waals surface area contributed by atoms with E-state index < -0.39 is 11.5 Å². The summed E-state index contributed by atoms with van der Waals surface area (Å²) in [5.41, 5.74) is -0.331. The Labute approximate surface area is 123 Å². The highest BCUT2D eigenvalue weighted by Gasteiger charge is 2.35. The molecule has 0 spiro atoms. The van der Waals surface area contributed by atoms with E-state index in [9.17, 15) is 9.90 Å². The summed E-state index contributed by atoms with van der Waals surface area (Å²) in [6, 6.07) is 0.181. The highest BCUT2D eigenvalue weighted by Crippen LogP contribution is 2.34. The molecule has 0 aromatic rings. The number of hydrogen-bond donors (Lipinski definition) is 2. The Morgan fingerprint density at radius 2 is 1.95 bits per heavy atom. The van der Waals surface area contributed by atoms with Gasteiger partial charge in [0.2, 0.25) is 0 Å². The fourth-order valence-corrected chi connectivity index (χ4v) is 2.93. The molecule has 4 heteroatoms. The molecule has 0 bridgehead atoms. The van der Waals surface area contributed by atoms with Gasteiger partial charge in [0.25, 0.3) is 0 Å². The standard InChI is InChI=1S/C16H32N2O2/c1-6-15(4)7-10-18(11-8-15)12-9-16(5,14(19)20)17-13(2)3/h13,17H,6-12H2,1-5H3,(H,19,20). The Bertz CT molecular complexity index is 322. The highest BCUT2D eigenvalue weighted by molar-refractivity contribution is 5.78. The van der Waals surface area contributed by atoms with E-state index in [0.29, 0.717) is 11.8 Å². The van der Waals surface area contributed by atoms with E-state index in [4.69, 9.17) is 0 Å². The molecule has 118 valence electrons. The first-order valence-corrected chi connectivity index (χ1v) is 7.94. The Balaban J connectivity index is 2.47. The zero-order valence-electron chi connectivity index (χ0n) is 13.8. The van der Waals surface area contributed by atoms with Crippen molar-refractivity contribution in [2.45, 2.75) is 71.9 Å². The summed E-state index contributed by atoms with van der Waals surface area (Å²) < 4.78 is 0. The quantitative estimate of drug-likeness (QED) is 0.755. The van der Waals surface area contributed by atoms with Gasteiger partial charge in [-0.25, -0.2) is 0 Å². The third-order valence-corrected chi connectivity index (χ3v) is 4.92. The predicted molar refractivity (Wildman–Crippen MR) is 83.0 cm³/mol. The summed E-state index contributed by atoms with van der Waals surface area (Å²) in [7, 11) is 0. The minimum atomic E-state index is -0.820. The van der Waals surface area contributed by atoms with E-state index in [1.54, 1.807) is 6.92 Å². The molecule has 0 saturated carbocycles. The third-order valence-electron chi connectivity index (χ3n) is 4.92. The van der Waals surface area contributed by atoms with Crippen molar-refractivity contribution in [3.8, 4) is 0 Å². The van der Waals surface area contributed by atoms with Crippen LogP contribution < -0.4 is 5.32 Å². The molecule has 4 nitrogen and oxygen atoms in total. The number of hydrogen-bond acceptors (Lipinski definition) is 3. The van der Waals surface area contributed by atoms with E-state index >= 15 is 0 Å². The molecule has 0 amide bonds. The van der Waals surface area contributed by atoms with Crippen molar-refractivity contribution >= 4 is 5.97 Å². The number of carboxylic acids is 1. The largest absolute Gasteiger partial charge is 0.480 e. The van der Waals surface area contributed by atoms with Gasteiger partial charge in [0, 0.05) is 12.6 Å². The van der Waals surface area contributed by atoms with Gasteiger partial charge >= 0.3 is 5.97 Å². The van der Waals surface area contributed by atoms with E-state index in [1.165, 1.54) is 19.3 Å². The van der Waals surface area contributed by atoms with E-state index in [-0.39, 0.29) is 6.04 Å². The summed E-state index contributed by atoms with van der Waals surface area (Å²) in [5.74, 6) is -0.749. The van der Waals surface area contributed by atoms with E-state index in [0.717, 1.165) is 19.6 Å². The number of carboxylic acid groups (broad SMARTS) is 1. The van der Waals surface area contributed by atoms with Crippen LogP contribution >= 0.6 is 0 Å². The zero-order valence-corrected chi connectivity index (χ0v) is 13.8. The summed E-state index contributed by atoms with van der Waals surface area (Å²) in [5, 5.41) is 12.6. The maximum atomic E-state index is 11.5. The SMILES string of the molecule is CCC1(C)CCN(CCC(C)(NC(C)C)C(=O)O)CC1. The lowest BCUT2D eigenvalue weighted by molar-refractivity contribution is -0.145. The first-order valence-electron chi connectivity index (χ1n) is 7.94. The lowest BCUT2D eigenvalue weighted by Gasteiger charge is -2.40. The Morgan fingerprint density at radius 3 is 2.35 bits per heavy atom. The van der Waals surface area contributed by atoms with Crippen LogP contribution in [0.4, 0.5) is 0 Å². The molecule has 1 saturated heterocycles. The van der Waals surface area contributed by atoms with E-state index in [2.05, 4.69) is 24.1 Å². The molecule has 1 heterocycles. The topological polar surface area (TPSA) is 52.6 Å². The Kier molecular flexibility index (Phi) is 6.02. The first kappa shape index (κ1) is 17.4. The summed E-state index contributed by atoms with van der Waals surface area (Å²) >= 11 is 0. The second kappa shape index (κ2) is 6.90. The molecule has 1 fully saturated rings. The normalized spacial score (nSPS) is 22.7. The van der Waals surface area contributed by atoms with Crippen LogP contribution in [0.3, 0.4) is 0 Å². The van der Waals surface area contributed by atoms with Crippen molar-refractivity contribution < 1.29 is 9.90 Å². The predicted octanol–water partition coefficient (Wildman–Crippen LogP) is 2.73. The van der Waals surface area contributed by atoms with Gasteiger partial charge in [0.1, 0.15) is 5.54 Å². The fraction of sp³-hybridized carbons (Fsp3) is 0.938. The van der Waals surface area contributed by atoms with Gasteiger partial charge in [0.05, 0.1) is 0 Å². The van der Waals surface area contributed by atoms with Crippen LogP contribution in [0.2, 0.25) is 0 Å². The van der Waals surface area contributed by atoms with Crippen molar-refractivity contribution in [3.05, 3.63) is 0 Å². The average molecular weight is 284 g/mol. The van der Waals surface area contributed by atoms with Crippen LogP contribution in [0.5, 0.6) is 0 Å². The highest BCUT2D eigenvalue weighted by atomic mass is 16.4. The molecule has 0 aliphatic carbocycles. The molecule has 20 heavy (non-hydrogen) atoms. The summed E-state index contributed by atoms with van der Waals surface area (Å²) in [6.45, 7) is 13.5. The second-order valence-corrected chi connectivity index (χ2v) is 7.19. The molecule has 0 radical (unpaired) electrons. The van der Waals surface area contributed by atoms with Gasteiger partial charge in [-0.1, -0.05) is 20.3 Å². The molecule has 1 unspecified atom stereocenters. The van der Waals surface area contributed by atoms with Crippen LogP contribution in [0.1, 0.15) is 60.3 Å². The lowest BCUT2D eigenvalue weighted by Crippen LogP contribution is -2.54. The number of piperidine rings is 1. The first-order chi connectivity index (χ1) is 9.21. The zero-order chi connectivity index (χ0) is 15.4. The van der Waals surface area contributed by atoms with Crippen molar-refractivity contribution in [2.24, 2.45) is 5.41 Å². The molecular weight excluding hydrogens is 252 g/mol. The molecule has 0 aromatic heterocycles. The molecule has 1 aliphatic heterocycles.